The molecule has 2 aromatic rings. The minimum Gasteiger partial charge on any atom is -0.218 e. The number of rotatable bonds is 6. The van der Waals surface area contributed by atoms with Gasteiger partial charge in [-0.3, -0.25) is 0 Å². The van der Waals surface area contributed by atoms with Gasteiger partial charge in [0.25, 0.3) is 0 Å². The molecule has 2 nitrogen and oxygen atoms in total. The van der Waals surface area contributed by atoms with Crippen LogP contribution in [0.1, 0.15) is 174 Å². The largest absolute Gasteiger partial charge is 0.218 e. The average Bonchev–Trinajstić information content (AvgIpc) is 3.02. The van der Waals surface area contributed by atoms with Crippen LogP contribution in [0.5, 0.6) is 0 Å². The van der Waals surface area contributed by atoms with E-state index < -0.39 is 9.84 Å². The van der Waals surface area contributed by atoms with E-state index in [0.717, 1.165) is 25.7 Å². The summed E-state index contributed by atoms with van der Waals surface area (Å²) in [5, 5.41) is 0. The summed E-state index contributed by atoms with van der Waals surface area (Å²) in [5.41, 5.74) is 5.21. The van der Waals surface area contributed by atoms with Gasteiger partial charge in [0.15, 0.2) is 0 Å². The van der Waals surface area contributed by atoms with Gasteiger partial charge >= 0.3 is 0 Å². The van der Waals surface area contributed by atoms with Crippen LogP contribution in [0.4, 0.5) is 0 Å². The van der Waals surface area contributed by atoms with Crippen LogP contribution in [0.15, 0.2) is 46.2 Å². The monoisotopic (exact) mass is 546 g/mol. The van der Waals surface area contributed by atoms with Crippen molar-refractivity contribution < 1.29 is 8.42 Å². The predicted molar refractivity (Wildman–Crippen MR) is 162 cm³/mol. The van der Waals surface area contributed by atoms with Crippen LogP contribution in [0.2, 0.25) is 0 Å². The zero-order valence-electron chi connectivity index (χ0n) is 24.1. The second-order valence-corrected chi connectivity index (χ2v) is 15.2. The molecule has 212 valence electrons. The third-order valence-electron chi connectivity index (χ3n) is 10.9. The molecule has 0 N–H and O–H groups in total. The molecule has 6 rings (SSSR count). The van der Waals surface area contributed by atoms with Crippen LogP contribution in [0.3, 0.4) is 0 Å². The van der Waals surface area contributed by atoms with Crippen LogP contribution in [0, 0.1) is 0 Å². The topological polar surface area (TPSA) is 34.1 Å². The molecule has 4 fully saturated rings. The highest BCUT2D eigenvalue weighted by molar-refractivity contribution is 7.91. The Morgan fingerprint density at radius 3 is 1.05 bits per heavy atom. The Morgan fingerprint density at radius 2 is 0.718 bits per heavy atom. The van der Waals surface area contributed by atoms with Gasteiger partial charge in [0.2, 0.25) is 9.84 Å². The van der Waals surface area contributed by atoms with Crippen LogP contribution in [-0.2, 0) is 9.84 Å². The third-order valence-corrected chi connectivity index (χ3v) is 12.8. The average molecular weight is 547 g/mol. The molecule has 0 aromatic heterocycles. The van der Waals surface area contributed by atoms with E-state index in [9.17, 15) is 0 Å². The maximum atomic E-state index is 15.0. The predicted octanol–water partition coefficient (Wildman–Crippen LogP) is 10.7. The standard InChI is InChI=1S/C36H50O2S/c37-39(38,33-25-13-23-31(27-15-5-1-6-16-27)35(33)29-19-9-3-10-20-29)34-26-14-24-32(28-17-7-2-8-18-28)36(34)30-21-11-4-12-22-30/h13-14,23-30H,1-12,15-22H2. The number of benzene rings is 2. The fourth-order valence-electron chi connectivity index (χ4n) is 8.90. The first-order valence-electron chi connectivity index (χ1n) is 16.7. The molecule has 3 heteroatoms. The molecule has 0 radical (unpaired) electrons. The van der Waals surface area contributed by atoms with Crippen LogP contribution >= 0.6 is 0 Å². The number of hydrogen-bond acceptors (Lipinski definition) is 2. The highest BCUT2D eigenvalue weighted by atomic mass is 32.2. The quantitative estimate of drug-likeness (QED) is 0.361. The Balaban J connectivity index is 1.50. The molecule has 4 saturated carbocycles. The fourth-order valence-corrected chi connectivity index (χ4v) is 10.8. The van der Waals surface area contributed by atoms with Crippen molar-refractivity contribution in [3.8, 4) is 0 Å². The van der Waals surface area contributed by atoms with E-state index in [1.807, 2.05) is 12.1 Å². The van der Waals surface area contributed by atoms with Crippen molar-refractivity contribution in [2.75, 3.05) is 0 Å². The Hall–Kier alpha value is -1.61. The Labute approximate surface area is 238 Å². The summed E-state index contributed by atoms with van der Waals surface area (Å²) >= 11 is 0. The Bertz CT molecular complexity index is 1120. The van der Waals surface area contributed by atoms with Gasteiger partial charge in [0, 0.05) is 0 Å². The molecule has 0 heterocycles. The molecule has 0 unspecified atom stereocenters. The van der Waals surface area contributed by atoms with E-state index in [0.29, 0.717) is 33.5 Å². The maximum absolute atomic E-state index is 15.0. The third kappa shape index (κ3) is 5.77. The Kier molecular flexibility index (Phi) is 8.83. The van der Waals surface area contributed by atoms with Gasteiger partial charge in [-0.05, 0) is 109 Å². The van der Waals surface area contributed by atoms with E-state index in [-0.39, 0.29) is 0 Å². The minimum absolute atomic E-state index is 0.390. The highest BCUT2D eigenvalue weighted by Crippen LogP contribution is 2.48. The van der Waals surface area contributed by atoms with Crippen molar-refractivity contribution in [3.63, 3.8) is 0 Å². The lowest BCUT2D eigenvalue weighted by Crippen LogP contribution is -2.20. The molecule has 0 saturated heterocycles. The second-order valence-electron chi connectivity index (χ2n) is 13.4. The lowest BCUT2D eigenvalue weighted by molar-refractivity contribution is 0.412. The first-order valence-corrected chi connectivity index (χ1v) is 18.1. The van der Waals surface area contributed by atoms with Gasteiger partial charge in [-0.1, -0.05) is 101 Å². The zero-order valence-corrected chi connectivity index (χ0v) is 25.0. The highest BCUT2D eigenvalue weighted by Gasteiger charge is 2.35. The summed E-state index contributed by atoms with van der Waals surface area (Å²) in [6.07, 6.45) is 24.7. The van der Waals surface area contributed by atoms with Crippen LogP contribution in [0.25, 0.3) is 0 Å². The zero-order chi connectivity index (χ0) is 26.7. The first kappa shape index (κ1) is 27.6. The molecule has 4 aliphatic rings. The summed E-state index contributed by atoms with van der Waals surface area (Å²) < 4.78 is 30.1. The van der Waals surface area contributed by atoms with Crippen molar-refractivity contribution in [1.29, 1.82) is 0 Å². The second kappa shape index (κ2) is 12.5. The summed E-state index contributed by atoms with van der Waals surface area (Å²) in [5.74, 6) is 1.83. The van der Waals surface area contributed by atoms with Crippen LogP contribution < -0.4 is 0 Å². The smallest absolute Gasteiger partial charge is 0.207 e. The summed E-state index contributed by atoms with van der Waals surface area (Å²) in [6, 6.07) is 12.7. The molecule has 2 aromatic carbocycles. The van der Waals surface area contributed by atoms with Gasteiger partial charge in [-0.2, -0.15) is 0 Å². The molecule has 0 atom stereocenters. The van der Waals surface area contributed by atoms with Crippen molar-refractivity contribution in [2.45, 2.75) is 162 Å². The van der Waals surface area contributed by atoms with E-state index in [4.69, 9.17) is 0 Å². The molecule has 0 amide bonds. The van der Waals surface area contributed by atoms with Crippen molar-refractivity contribution >= 4 is 9.84 Å². The lowest BCUT2D eigenvalue weighted by Gasteiger charge is -2.33. The maximum Gasteiger partial charge on any atom is 0.207 e. The van der Waals surface area contributed by atoms with Gasteiger partial charge in [-0.25, -0.2) is 8.42 Å². The molecule has 0 spiro atoms. The molecule has 4 aliphatic carbocycles. The molecule has 0 aliphatic heterocycles. The first-order chi connectivity index (χ1) is 19.1. The SMILES string of the molecule is O=S(=O)(c1cccc(C2CCCCC2)c1C1CCCCC1)c1cccc(C2CCCCC2)c1C1CCCCC1. The molecule has 0 bridgehead atoms. The summed E-state index contributed by atoms with van der Waals surface area (Å²) in [6.45, 7) is 0. The van der Waals surface area contributed by atoms with Gasteiger partial charge < -0.3 is 0 Å². The van der Waals surface area contributed by atoms with E-state index in [2.05, 4.69) is 24.3 Å². The van der Waals surface area contributed by atoms with E-state index in [1.165, 1.54) is 125 Å². The van der Waals surface area contributed by atoms with Gasteiger partial charge in [-0.15, -0.1) is 0 Å². The number of sulfone groups is 1. The summed E-state index contributed by atoms with van der Waals surface area (Å²) in [7, 11) is -3.62. The molecular formula is C36H50O2S. The van der Waals surface area contributed by atoms with Crippen molar-refractivity contribution in [2.24, 2.45) is 0 Å². The van der Waals surface area contributed by atoms with Crippen LogP contribution in [-0.4, -0.2) is 8.42 Å². The minimum atomic E-state index is -3.62. The number of hydrogen-bond donors (Lipinski definition) is 0. The molecule has 39 heavy (non-hydrogen) atoms. The van der Waals surface area contributed by atoms with Crippen molar-refractivity contribution in [3.05, 3.63) is 58.7 Å². The van der Waals surface area contributed by atoms with E-state index in [1.54, 1.807) is 0 Å². The van der Waals surface area contributed by atoms with Gasteiger partial charge in [0.1, 0.15) is 0 Å². The lowest BCUT2D eigenvalue weighted by atomic mass is 9.76. The van der Waals surface area contributed by atoms with Gasteiger partial charge in [0.05, 0.1) is 9.79 Å². The van der Waals surface area contributed by atoms with E-state index >= 15 is 8.42 Å². The Morgan fingerprint density at radius 1 is 0.410 bits per heavy atom. The van der Waals surface area contributed by atoms with Crippen molar-refractivity contribution in [1.82, 2.24) is 0 Å². The normalized spacial score (nSPS) is 23.2. The molecular weight excluding hydrogens is 496 g/mol. The fraction of sp³-hybridized carbons (Fsp3) is 0.667. The summed E-state index contributed by atoms with van der Waals surface area (Å²) in [4.78, 5) is 1.32.